The summed E-state index contributed by atoms with van der Waals surface area (Å²) in [6.07, 6.45) is 3.19. The quantitative estimate of drug-likeness (QED) is 0.567. The average Bonchev–Trinajstić information content (AvgIpc) is 2.74. The Kier molecular flexibility index (Phi) is 6.15. The number of rotatable bonds is 6. The van der Waals surface area contributed by atoms with Crippen molar-refractivity contribution in [2.75, 3.05) is 24.5 Å². The fraction of sp³-hybridized carbons (Fsp3) is 0.385. The van der Waals surface area contributed by atoms with Gasteiger partial charge in [-0.3, -0.25) is 0 Å². The highest BCUT2D eigenvalue weighted by Gasteiger charge is 2.22. The number of piperidine rings is 1. The minimum Gasteiger partial charge on any atom is -0.371 e. The van der Waals surface area contributed by atoms with Gasteiger partial charge < -0.3 is 10.2 Å². The van der Waals surface area contributed by atoms with Crippen LogP contribution in [0.2, 0.25) is 0 Å². The Bertz CT molecular complexity index is 976. The van der Waals surface area contributed by atoms with Gasteiger partial charge in [0.25, 0.3) is 0 Å². The number of fused-ring (bicyclic) bond motifs is 1. The summed E-state index contributed by atoms with van der Waals surface area (Å²) in [6, 6.07) is 18.7. The molecule has 0 bridgehead atoms. The predicted octanol–water partition coefficient (Wildman–Crippen LogP) is 5.86. The molecule has 1 atom stereocenters. The highest BCUT2D eigenvalue weighted by molar-refractivity contribution is 5.85. The van der Waals surface area contributed by atoms with Crippen LogP contribution in [-0.2, 0) is 13.0 Å². The van der Waals surface area contributed by atoms with Gasteiger partial charge in [-0.05, 0) is 78.2 Å². The topological polar surface area (TPSA) is 15.3 Å². The molecule has 2 nitrogen and oxygen atoms in total. The molecule has 1 aliphatic rings. The van der Waals surface area contributed by atoms with E-state index in [1.807, 2.05) is 13.0 Å². The van der Waals surface area contributed by atoms with E-state index >= 15 is 0 Å². The van der Waals surface area contributed by atoms with Crippen LogP contribution in [0.15, 0.2) is 54.6 Å². The number of anilines is 1. The molecule has 4 rings (SSSR count). The van der Waals surface area contributed by atoms with Crippen molar-refractivity contribution in [1.82, 2.24) is 5.32 Å². The molecule has 3 aromatic rings. The first-order chi connectivity index (χ1) is 14.2. The summed E-state index contributed by atoms with van der Waals surface area (Å²) in [4.78, 5) is 2.46. The van der Waals surface area contributed by atoms with Crippen LogP contribution in [0.25, 0.3) is 10.8 Å². The van der Waals surface area contributed by atoms with E-state index in [1.54, 1.807) is 6.07 Å². The molecule has 0 radical (unpaired) electrons. The van der Waals surface area contributed by atoms with E-state index in [9.17, 15) is 4.39 Å². The van der Waals surface area contributed by atoms with E-state index in [-0.39, 0.29) is 5.82 Å². The van der Waals surface area contributed by atoms with Gasteiger partial charge in [-0.25, -0.2) is 4.39 Å². The SMILES string of the molecule is CCc1c(F)ccc(N2CCCC(CNCc3cccc4ccccc34)C2)c1C. The monoisotopic (exact) mass is 390 g/mol. The van der Waals surface area contributed by atoms with Gasteiger partial charge >= 0.3 is 0 Å². The molecular formula is C26H31FN2. The Balaban J connectivity index is 1.39. The Hall–Kier alpha value is -2.39. The highest BCUT2D eigenvalue weighted by atomic mass is 19.1. The maximum atomic E-state index is 14.1. The first-order valence-electron chi connectivity index (χ1n) is 10.9. The van der Waals surface area contributed by atoms with Crippen LogP contribution >= 0.6 is 0 Å². The summed E-state index contributed by atoms with van der Waals surface area (Å²) in [5.74, 6) is 0.548. The first-order valence-corrected chi connectivity index (χ1v) is 10.9. The number of hydrogen-bond donors (Lipinski definition) is 1. The van der Waals surface area contributed by atoms with Crippen molar-refractivity contribution < 1.29 is 4.39 Å². The molecule has 3 heteroatoms. The minimum absolute atomic E-state index is 0.0703. The van der Waals surface area contributed by atoms with Gasteiger partial charge in [0.15, 0.2) is 0 Å². The molecule has 1 fully saturated rings. The van der Waals surface area contributed by atoms with Gasteiger partial charge in [-0.1, -0.05) is 49.4 Å². The lowest BCUT2D eigenvalue weighted by Crippen LogP contribution is -2.40. The van der Waals surface area contributed by atoms with Crippen molar-refractivity contribution in [2.24, 2.45) is 5.92 Å². The summed E-state index contributed by atoms with van der Waals surface area (Å²) >= 11 is 0. The van der Waals surface area contributed by atoms with Gasteiger partial charge in [0, 0.05) is 25.3 Å². The van der Waals surface area contributed by atoms with Gasteiger partial charge in [0.2, 0.25) is 0 Å². The molecule has 3 aromatic carbocycles. The van der Waals surface area contributed by atoms with Crippen LogP contribution in [0.3, 0.4) is 0 Å². The van der Waals surface area contributed by atoms with Gasteiger partial charge in [0.1, 0.15) is 5.82 Å². The zero-order chi connectivity index (χ0) is 20.2. The summed E-state index contributed by atoms with van der Waals surface area (Å²) in [5.41, 5.74) is 4.54. The molecule has 1 N–H and O–H groups in total. The second kappa shape index (κ2) is 8.96. The first kappa shape index (κ1) is 19.9. The molecule has 0 aromatic heterocycles. The van der Waals surface area contributed by atoms with Crippen LogP contribution in [0.1, 0.15) is 36.5 Å². The summed E-state index contributed by atoms with van der Waals surface area (Å²) < 4.78 is 14.1. The van der Waals surface area contributed by atoms with E-state index < -0.39 is 0 Å². The normalized spacial score (nSPS) is 17.1. The molecule has 1 aliphatic heterocycles. The molecular weight excluding hydrogens is 359 g/mol. The van der Waals surface area contributed by atoms with Crippen LogP contribution in [-0.4, -0.2) is 19.6 Å². The second-order valence-electron chi connectivity index (χ2n) is 8.25. The Morgan fingerprint density at radius 3 is 2.76 bits per heavy atom. The molecule has 1 heterocycles. The third-order valence-electron chi connectivity index (χ3n) is 6.35. The van der Waals surface area contributed by atoms with Crippen molar-refractivity contribution in [1.29, 1.82) is 0 Å². The van der Waals surface area contributed by atoms with Gasteiger partial charge in [0.05, 0.1) is 0 Å². The largest absolute Gasteiger partial charge is 0.371 e. The zero-order valence-corrected chi connectivity index (χ0v) is 17.5. The van der Waals surface area contributed by atoms with E-state index in [1.165, 1.54) is 34.9 Å². The summed E-state index contributed by atoms with van der Waals surface area (Å²) in [7, 11) is 0. The van der Waals surface area contributed by atoms with Crippen molar-refractivity contribution >= 4 is 16.5 Å². The minimum atomic E-state index is -0.0703. The molecule has 0 aliphatic carbocycles. The second-order valence-corrected chi connectivity index (χ2v) is 8.25. The van der Waals surface area contributed by atoms with Crippen molar-refractivity contribution in [3.8, 4) is 0 Å². The maximum Gasteiger partial charge on any atom is 0.126 e. The lowest BCUT2D eigenvalue weighted by Gasteiger charge is -2.36. The summed E-state index contributed by atoms with van der Waals surface area (Å²) in [5, 5.41) is 6.33. The highest BCUT2D eigenvalue weighted by Crippen LogP contribution is 2.29. The molecule has 0 amide bonds. The lowest BCUT2D eigenvalue weighted by atomic mass is 9.95. The lowest BCUT2D eigenvalue weighted by molar-refractivity contribution is 0.391. The predicted molar refractivity (Wildman–Crippen MR) is 121 cm³/mol. The third-order valence-corrected chi connectivity index (χ3v) is 6.35. The van der Waals surface area contributed by atoms with Crippen molar-refractivity contribution in [3.05, 3.63) is 77.1 Å². The van der Waals surface area contributed by atoms with E-state index in [4.69, 9.17) is 0 Å². The number of benzene rings is 3. The van der Waals surface area contributed by atoms with E-state index in [0.29, 0.717) is 5.92 Å². The molecule has 0 saturated carbocycles. The number of hydrogen-bond acceptors (Lipinski definition) is 2. The number of halogens is 1. The van der Waals surface area contributed by atoms with Gasteiger partial charge in [-0.15, -0.1) is 0 Å². The molecule has 152 valence electrons. The van der Waals surface area contributed by atoms with E-state index in [0.717, 1.165) is 43.7 Å². The standard InChI is InChI=1S/C26H31FN2/c1-3-23-19(2)26(14-13-25(23)27)29-15-7-8-20(18-29)16-28-17-22-11-6-10-21-9-4-5-12-24(21)22/h4-6,9-14,20,28H,3,7-8,15-18H2,1-2H3. The Labute approximate surface area is 173 Å². The van der Waals surface area contributed by atoms with Gasteiger partial charge in [-0.2, -0.15) is 0 Å². The van der Waals surface area contributed by atoms with Crippen molar-refractivity contribution in [3.63, 3.8) is 0 Å². The third kappa shape index (κ3) is 4.30. The number of nitrogens with zero attached hydrogens (tertiary/aromatic N) is 1. The zero-order valence-electron chi connectivity index (χ0n) is 17.5. The van der Waals surface area contributed by atoms with Crippen LogP contribution < -0.4 is 10.2 Å². The van der Waals surface area contributed by atoms with Crippen LogP contribution in [0.5, 0.6) is 0 Å². The fourth-order valence-corrected chi connectivity index (χ4v) is 4.80. The Morgan fingerprint density at radius 1 is 1.07 bits per heavy atom. The van der Waals surface area contributed by atoms with Crippen LogP contribution in [0, 0.1) is 18.7 Å². The number of nitrogens with one attached hydrogen (secondary N) is 1. The smallest absolute Gasteiger partial charge is 0.126 e. The Morgan fingerprint density at radius 2 is 1.90 bits per heavy atom. The summed E-state index contributed by atoms with van der Waals surface area (Å²) in [6.45, 7) is 8.12. The van der Waals surface area contributed by atoms with Crippen LogP contribution in [0.4, 0.5) is 10.1 Å². The average molecular weight is 391 g/mol. The van der Waals surface area contributed by atoms with Crippen molar-refractivity contribution in [2.45, 2.75) is 39.7 Å². The molecule has 1 unspecified atom stereocenters. The molecule has 29 heavy (non-hydrogen) atoms. The maximum absolute atomic E-state index is 14.1. The fourth-order valence-electron chi connectivity index (χ4n) is 4.80. The molecule has 1 saturated heterocycles. The molecule has 0 spiro atoms. The van der Waals surface area contributed by atoms with E-state index in [2.05, 4.69) is 59.6 Å².